The first kappa shape index (κ1) is 11.5. The van der Waals surface area contributed by atoms with Gasteiger partial charge in [-0.05, 0) is 49.8 Å². The molecule has 3 aliphatic rings. The predicted octanol–water partition coefficient (Wildman–Crippen LogP) is 2.16. The molecule has 1 amide bonds. The second kappa shape index (κ2) is 3.60. The maximum absolute atomic E-state index is 12.5. The number of hydrogen-bond acceptors (Lipinski definition) is 2. The van der Waals surface area contributed by atoms with Gasteiger partial charge in [-0.25, -0.2) is 0 Å². The van der Waals surface area contributed by atoms with Crippen LogP contribution in [0.3, 0.4) is 0 Å². The molecular formula is C16H20N2O. The third-order valence-electron chi connectivity index (χ3n) is 5.37. The van der Waals surface area contributed by atoms with Crippen molar-refractivity contribution in [3.05, 3.63) is 29.3 Å². The van der Waals surface area contributed by atoms with Crippen LogP contribution in [0, 0.1) is 0 Å². The summed E-state index contributed by atoms with van der Waals surface area (Å²) in [5.74, 6) is 0.941. The quantitative estimate of drug-likeness (QED) is 0.879. The van der Waals surface area contributed by atoms with Crippen LogP contribution in [-0.4, -0.2) is 26.0 Å². The fourth-order valence-electron chi connectivity index (χ4n) is 3.90. The van der Waals surface area contributed by atoms with E-state index >= 15 is 0 Å². The van der Waals surface area contributed by atoms with Crippen molar-refractivity contribution < 1.29 is 4.79 Å². The lowest BCUT2D eigenvalue weighted by atomic mass is 9.74. The van der Waals surface area contributed by atoms with Crippen LogP contribution < -0.4 is 10.2 Å². The summed E-state index contributed by atoms with van der Waals surface area (Å²) < 4.78 is 0. The molecule has 100 valence electrons. The molecule has 0 radical (unpaired) electrons. The predicted molar refractivity (Wildman–Crippen MR) is 75.6 cm³/mol. The zero-order chi connectivity index (χ0) is 13.2. The molecule has 1 aliphatic heterocycles. The molecule has 0 saturated heterocycles. The molecule has 1 aromatic carbocycles. The van der Waals surface area contributed by atoms with Crippen molar-refractivity contribution in [2.24, 2.45) is 0 Å². The first-order chi connectivity index (χ1) is 9.17. The van der Waals surface area contributed by atoms with Crippen molar-refractivity contribution in [2.75, 3.05) is 19.0 Å². The molecular weight excluding hydrogens is 236 g/mol. The fraction of sp³-hybridized carbons (Fsp3) is 0.562. The van der Waals surface area contributed by atoms with Gasteiger partial charge in [-0.1, -0.05) is 18.2 Å². The molecule has 1 spiro atoms. The standard InChI is InChI=1S/C16H20N2O/c1-17-11-8-10(9-11)12-4-3-5-13-14(12)18(2)15(19)16(13)6-7-16/h3-5,10-11,17H,6-9H2,1-2H3. The number of amides is 1. The summed E-state index contributed by atoms with van der Waals surface area (Å²) in [7, 11) is 3.98. The third kappa shape index (κ3) is 1.34. The summed E-state index contributed by atoms with van der Waals surface area (Å²) in [5, 5.41) is 3.34. The minimum absolute atomic E-state index is 0.133. The van der Waals surface area contributed by atoms with Gasteiger partial charge in [-0.15, -0.1) is 0 Å². The van der Waals surface area contributed by atoms with Crippen LogP contribution in [0.5, 0.6) is 0 Å². The monoisotopic (exact) mass is 256 g/mol. The number of fused-ring (bicyclic) bond motifs is 2. The van der Waals surface area contributed by atoms with E-state index < -0.39 is 0 Å². The van der Waals surface area contributed by atoms with E-state index in [9.17, 15) is 4.79 Å². The Bertz CT molecular complexity index is 556. The molecule has 1 aromatic rings. The first-order valence-corrected chi connectivity index (χ1v) is 7.26. The zero-order valence-electron chi connectivity index (χ0n) is 11.6. The number of para-hydroxylation sites is 1. The van der Waals surface area contributed by atoms with E-state index in [2.05, 4.69) is 23.5 Å². The molecule has 2 aliphatic carbocycles. The van der Waals surface area contributed by atoms with Crippen LogP contribution in [0.15, 0.2) is 18.2 Å². The van der Waals surface area contributed by atoms with Crippen molar-refractivity contribution in [1.29, 1.82) is 0 Å². The Kier molecular flexibility index (Phi) is 2.17. The molecule has 0 aromatic heterocycles. The molecule has 4 rings (SSSR count). The third-order valence-corrected chi connectivity index (χ3v) is 5.37. The molecule has 3 heteroatoms. The highest BCUT2D eigenvalue weighted by molar-refractivity contribution is 6.10. The Labute approximate surface area is 114 Å². The van der Waals surface area contributed by atoms with Gasteiger partial charge in [0.05, 0.1) is 11.1 Å². The highest BCUT2D eigenvalue weighted by atomic mass is 16.2. The average Bonchev–Trinajstić information content (AvgIpc) is 3.13. The number of nitrogens with zero attached hydrogens (tertiary/aromatic N) is 1. The summed E-state index contributed by atoms with van der Waals surface area (Å²) in [4.78, 5) is 14.4. The Morgan fingerprint density at radius 3 is 2.68 bits per heavy atom. The minimum Gasteiger partial charge on any atom is -0.317 e. The van der Waals surface area contributed by atoms with Crippen LogP contribution >= 0.6 is 0 Å². The van der Waals surface area contributed by atoms with Gasteiger partial charge in [0.25, 0.3) is 0 Å². The normalized spacial score (nSPS) is 30.4. The molecule has 1 N–H and O–H groups in total. The topological polar surface area (TPSA) is 32.3 Å². The summed E-state index contributed by atoms with van der Waals surface area (Å²) in [5.41, 5.74) is 3.78. The Morgan fingerprint density at radius 1 is 1.32 bits per heavy atom. The zero-order valence-corrected chi connectivity index (χ0v) is 11.6. The van der Waals surface area contributed by atoms with Crippen LogP contribution in [-0.2, 0) is 10.2 Å². The lowest BCUT2D eigenvalue weighted by Gasteiger charge is -2.37. The largest absolute Gasteiger partial charge is 0.317 e. The van der Waals surface area contributed by atoms with Crippen LogP contribution in [0.1, 0.15) is 42.7 Å². The maximum Gasteiger partial charge on any atom is 0.237 e. The summed E-state index contributed by atoms with van der Waals surface area (Å²) in [6.07, 6.45) is 4.47. The molecule has 0 bridgehead atoms. The number of likely N-dealkylation sites (N-methyl/N-ethyl adjacent to an activating group) is 1. The number of carbonyl (C=O) groups excluding carboxylic acids is 1. The average molecular weight is 256 g/mol. The highest BCUT2D eigenvalue weighted by Gasteiger charge is 2.59. The fourth-order valence-corrected chi connectivity index (χ4v) is 3.90. The second-order valence-electron chi connectivity index (χ2n) is 6.34. The lowest BCUT2D eigenvalue weighted by Crippen LogP contribution is -2.38. The molecule has 19 heavy (non-hydrogen) atoms. The van der Waals surface area contributed by atoms with E-state index in [1.807, 2.05) is 19.0 Å². The van der Waals surface area contributed by atoms with Gasteiger partial charge in [0.1, 0.15) is 0 Å². The summed E-state index contributed by atoms with van der Waals surface area (Å²) in [6.45, 7) is 0. The van der Waals surface area contributed by atoms with E-state index in [4.69, 9.17) is 0 Å². The highest BCUT2D eigenvalue weighted by Crippen LogP contribution is 2.59. The number of rotatable bonds is 2. The van der Waals surface area contributed by atoms with Gasteiger partial charge in [-0.2, -0.15) is 0 Å². The molecule has 2 fully saturated rings. The molecule has 3 nitrogen and oxygen atoms in total. The number of nitrogens with one attached hydrogen (secondary N) is 1. The first-order valence-electron chi connectivity index (χ1n) is 7.26. The number of hydrogen-bond donors (Lipinski definition) is 1. The van der Waals surface area contributed by atoms with E-state index in [1.165, 1.54) is 29.7 Å². The second-order valence-corrected chi connectivity index (χ2v) is 6.34. The van der Waals surface area contributed by atoms with Crippen molar-refractivity contribution in [3.8, 4) is 0 Å². The van der Waals surface area contributed by atoms with Gasteiger partial charge in [0.2, 0.25) is 5.91 Å². The van der Waals surface area contributed by atoms with Crippen LogP contribution in [0.4, 0.5) is 5.69 Å². The van der Waals surface area contributed by atoms with Crippen molar-refractivity contribution in [1.82, 2.24) is 5.32 Å². The van der Waals surface area contributed by atoms with Crippen molar-refractivity contribution in [2.45, 2.75) is 43.1 Å². The molecule has 0 atom stereocenters. The summed E-state index contributed by atoms with van der Waals surface area (Å²) >= 11 is 0. The SMILES string of the molecule is CNC1CC(c2cccc3c2N(C)C(=O)C32CC2)C1. The van der Waals surface area contributed by atoms with E-state index in [0.29, 0.717) is 17.9 Å². The van der Waals surface area contributed by atoms with Gasteiger partial charge >= 0.3 is 0 Å². The number of benzene rings is 1. The number of anilines is 1. The van der Waals surface area contributed by atoms with Gasteiger partial charge in [0, 0.05) is 13.1 Å². The van der Waals surface area contributed by atoms with Gasteiger partial charge in [-0.3, -0.25) is 4.79 Å². The van der Waals surface area contributed by atoms with E-state index in [0.717, 1.165) is 12.8 Å². The number of carbonyl (C=O) groups is 1. The van der Waals surface area contributed by atoms with Crippen LogP contribution in [0.25, 0.3) is 0 Å². The Hall–Kier alpha value is -1.35. The van der Waals surface area contributed by atoms with Crippen molar-refractivity contribution in [3.63, 3.8) is 0 Å². The van der Waals surface area contributed by atoms with Gasteiger partial charge < -0.3 is 10.2 Å². The minimum atomic E-state index is -0.133. The van der Waals surface area contributed by atoms with E-state index in [-0.39, 0.29) is 5.41 Å². The molecule has 1 heterocycles. The Balaban J connectivity index is 1.76. The smallest absolute Gasteiger partial charge is 0.237 e. The van der Waals surface area contributed by atoms with Crippen molar-refractivity contribution >= 4 is 11.6 Å². The van der Waals surface area contributed by atoms with E-state index in [1.54, 1.807) is 0 Å². The summed E-state index contributed by atoms with van der Waals surface area (Å²) in [6, 6.07) is 7.19. The maximum atomic E-state index is 12.5. The van der Waals surface area contributed by atoms with Crippen LogP contribution in [0.2, 0.25) is 0 Å². The molecule has 2 saturated carbocycles. The molecule has 0 unspecified atom stereocenters. The lowest BCUT2D eigenvalue weighted by molar-refractivity contribution is -0.119. The Morgan fingerprint density at radius 2 is 2.05 bits per heavy atom. The van der Waals surface area contributed by atoms with Gasteiger partial charge in [0.15, 0.2) is 0 Å².